The molecule has 6 rings (SSSR count). The average molecular weight is 880 g/mol. The molecule has 4 N–H and O–H groups in total. The molecule has 0 bridgehead atoms. The summed E-state index contributed by atoms with van der Waals surface area (Å²) in [5.41, 5.74) is 3.69. The fraction of sp³-hybridized carbons (Fsp3) is 0.417. The lowest BCUT2D eigenvalue weighted by atomic mass is 9.85. The van der Waals surface area contributed by atoms with E-state index < -0.39 is 47.2 Å². The summed E-state index contributed by atoms with van der Waals surface area (Å²) < 4.78 is 25.7. The number of nitrogens with zero attached hydrogens (tertiary/aromatic N) is 3. The number of hydrogen-bond donors (Lipinski definition) is 4. The van der Waals surface area contributed by atoms with Crippen molar-refractivity contribution in [3.8, 4) is 28.2 Å². The number of methoxy groups -OCH3 is 2. The number of ether oxygens (including phenoxy) is 2. The molecule has 1 aromatic heterocycles. The van der Waals surface area contributed by atoms with Gasteiger partial charge in [-0.2, -0.15) is 0 Å². The number of alkyl carbamates (subject to hydrolysis) is 2. The van der Waals surface area contributed by atoms with Crippen LogP contribution in [-0.2, 0) is 28.7 Å². The number of carbonyl (C=O) groups is 6. The quantitative estimate of drug-likeness (QED) is 0.121. The number of likely N-dealkylation sites (tertiary alicyclic amines) is 2. The normalized spacial score (nSPS) is 17.3. The third-order valence-electron chi connectivity index (χ3n) is 11.7. The van der Waals surface area contributed by atoms with E-state index in [1.807, 2.05) is 82.5 Å². The van der Waals surface area contributed by atoms with Crippen molar-refractivity contribution in [2.75, 3.05) is 37.9 Å². The van der Waals surface area contributed by atoms with Gasteiger partial charge in [0.05, 0.1) is 25.6 Å². The SMILES string of the molecule is COC(=O)NC(C(=O)N1CCCC1C(=O)Nc1ccc(-c2ccc(-c3ccc(NC(=O)C4CCCN4C(=O)C(NC(=O)OC)C(C)(C)C)cc3)n2-c2ccc(F)cc2)cc1)C(C)(C)C. The zero-order chi connectivity index (χ0) is 46.5. The molecule has 15 nitrogen and oxygen atoms in total. The molecule has 3 heterocycles. The Bertz CT molecular complexity index is 2210. The lowest BCUT2D eigenvalue weighted by Crippen LogP contribution is -2.57. The van der Waals surface area contributed by atoms with Crippen molar-refractivity contribution in [3.63, 3.8) is 0 Å². The molecule has 64 heavy (non-hydrogen) atoms. The predicted octanol–water partition coefficient (Wildman–Crippen LogP) is 7.35. The van der Waals surface area contributed by atoms with Crippen molar-refractivity contribution < 1.29 is 42.6 Å². The van der Waals surface area contributed by atoms with Crippen LogP contribution in [0, 0.1) is 16.6 Å². The van der Waals surface area contributed by atoms with E-state index in [0.717, 1.165) is 22.5 Å². The molecule has 0 saturated carbocycles. The minimum atomic E-state index is -0.896. The van der Waals surface area contributed by atoms with Gasteiger partial charge in [-0.3, -0.25) is 19.2 Å². The van der Waals surface area contributed by atoms with Gasteiger partial charge in [0, 0.05) is 30.2 Å². The number of carbonyl (C=O) groups excluding carboxylic acids is 6. The highest BCUT2D eigenvalue weighted by Gasteiger charge is 2.43. The van der Waals surface area contributed by atoms with Crippen molar-refractivity contribution in [1.29, 1.82) is 0 Å². The van der Waals surface area contributed by atoms with E-state index in [1.165, 1.54) is 36.2 Å². The molecule has 2 saturated heterocycles. The summed E-state index contributed by atoms with van der Waals surface area (Å²) in [7, 11) is 2.46. The Labute approximate surface area is 373 Å². The van der Waals surface area contributed by atoms with Crippen LogP contribution in [0.2, 0.25) is 0 Å². The summed E-state index contributed by atoms with van der Waals surface area (Å²) >= 11 is 0. The van der Waals surface area contributed by atoms with Crippen LogP contribution in [0.1, 0.15) is 67.2 Å². The number of anilines is 2. The van der Waals surface area contributed by atoms with Gasteiger partial charge in [0.15, 0.2) is 0 Å². The highest BCUT2D eigenvalue weighted by Crippen LogP contribution is 2.35. The van der Waals surface area contributed by atoms with Crippen molar-refractivity contribution in [2.45, 2.75) is 91.4 Å². The third-order valence-corrected chi connectivity index (χ3v) is 11.7. The second kappa shape index (κ2) is 19.4. The van der Waals surface area contributed by atoms with Crippen LogP contribution < -0.4 is 21.3 Å². The van der Waals surface area contributed by atoms with Crippen molar-refractivity contribution in [2.24, 2.45) is 10.8 Å². The Kier molecular flexibility index (Phi) is 14.1. The fourth-order valence-electron chi connectivity index (χ4n) is 8.24. The smallest absolute Gasteiger partial charge is 0.407 e. The fourth-order valence-corrected chi connectivity index (χ4v) is 8.24. The maximum atomic E-state index is 14.2. The highest BCUT2D eigenvalue weighted by atomic mass is 19.1. The molecule has 4 unspecified atom stereocenters. The standard InChI is InChI=1S/C48H58FN7O8/c1-47(2,3)39(52-45(61)63-7)43(59)54-27-9-11-37(54)41(57)50-32-19-13-29(14-20-32)35-25-26-36(56(35)34-23-17-31(49)18-24-34)30-15-21-33(22-16-30)51-42(58)38-12-10-28-55(38)44(60)40(48(4,5)6)53-46(62)64-8/h13-26,37-40H,9-12,27-28H2,1-8H3,(H,50,57)(H,51,58)(H,52,61)(H,53,62). The molecule has 2 aliphatic rings. The molecule has 4 aromatic rings. The summed E-state index contributed by atoms with van der Waals surface area (Å²) in [6, 6.07) is 21.4. The van der Waals surface area contributed by atoms with E-state index in [2.05, 4.69) is 21.3 Å². The van der Waals surface area contributed by atoms with Gasteiger partial charge in [-0.1, -0.05) is 65.8 Å². The number of benzene rings is 3. The van der Waals surface area contributed by atoms with Gasteiger partial charge >= 0.3 is 12.2 Å². The lowest BCUT2D eigenvalue weighted by molar-refractivity contribution is -0.140. The molecule has 6 amide bonds. The number of nitrogens with one attached hydrogen (secondary N) is 4. The second-order valence-electron chi connectivity index (χ2n) is 18.3. The molecular weight excluding hydrogens is 822 g/mol. The maximum Gasteiger partial charge on any atom is 0.407 e. The van der Waals surface area contributed by atoms with E-state index in [1.54, 1.807) is 36.4 Å². The summed E-state index contributed by atoms with van der Waals surface area (Å²) in [6.45, 7) is 11.8. The molecule has 16 heteroatoms. The highest BCUT2D eigenvalue weighted by molar-refractivity contribution is 6.00. The van der Waals surface area contributed by atoms with E-state index >= 15 is 0 Å². The minimum absolute atomic E-state index is 0.336. The number of aromatic nitrogens is 1. The zero-order valence-electron chi connectivity index (χ0n) is 37.6. The molecule has 340 valence electrons. The Balaban J connectivity index is 1.19. The predicted molar refractivity (Wildman–Crippen MR) is 241 cm³/mol. The largest absolute Gasteiger partial charge is 0.453 e. The second-order valence-corrected chi connectivity index (χ2v) is 18.3. The van der Waals surface area contributed by atoms with Gasteiger partial charge in [0.2, 0.25) is 23.6 Å². The molecule has 0 radical (unpaired) electrons. The van der Waals surface area contributed by atoms with Gasteiger partial charge in [-0.15, -0.1) is 0 Å². The Morgan fingerprint density at radius 2 is 0.953 bits per heavy atom. The van der Waals surface area contributed by atoms with Gasteiger partial charge in [0.25, 0.3) is 0 Å². The zero-order valence-corrected chi connectivity index (χ0v) is 37.6. The van der Waals surface area contributed by atoms with Gasteiger partial charge in [-0.05, 0) is 108 Å². The summed E-state index contributed by atoms with van der Waals surface area (Å²) in [5, 5.41) is 11.2. The summed E-state index contributed by atoms with van der Waals surface area (Å²) in [6.07, 6.45) is 0.769. The molecule has 2 aliphatic heterocycles. The minimum Gasteiger partial charge on any atom is -0.453 e. The van der Waals surface area contributed by atoms with Crippen LogP contribution in [0.3, 0.4) is 0 Å². The summed E-state index contributed by atoms with van der Waals surface area (Å²) in [5.74, 6) is -1.76. The third kappa shape index (κ3) is 10.5. The lowest BCUT2D eigenvalue weighted by Gasteiger charge is -2.35. The Hall–Kier alpha value is -6.71. The first-order valence-electron chi connectivity index (χ1n) is 21.4. The number of rotatable bonds is 11. The number of hydrogen-bond acceptors (Lipinski definition) is 8. The Morgan fingerprint density at radius 3 is 1.30 bits per heavy atom. The van der Waals surface area contributed by atoms with Crippen LogP contribution in [0.25, 0.3) is 28.2 Å². The first-order chi connectivity index (χ1) is 30.3. The van der Waals surface area contributed by atoms with Crippen LogP contribution in [0.5, 0.6) is 0 Å². The van der Waals surface area contributed by atoms with Crippen LogP contribution in [0.15, 0.2) is 84.9 Å². The average Bonchev–Trinajstić information content (AvgIpc) is 4.05. The number of amides is 6. The number of halogens is 1. The summed E-state index contributed by atoms with van der Waals surface area (Å²) in [4.78, 5) is 82.0. The molecule has 4 atom stereocenters. The first-order valence-corrected chi connectivity index (χ1v) is 21.4. The molecule has 0 spiro atoms. The van der Waals surface area contributed by atoms with Crippen LogP contribution >= 0.6 is 0 Å². The first kappa shape index (κ1) is 46.8. The van der Waals surface area contributed by atoms with E-state index in [-0.39, 0.29) is 29.4 Å². The van der Waals surface area contributed by atoms with Crippen molar-refractivity contribution in [1.82, 2.24) is 25.0 Å². The monoisotopic (exact) mass is 879 g/mol. The molecule has 3 aromatic carbocycles. The topological polar surface area (TPSA) is 180 Å². The van der Waals surface area contributed by atoms with Gasteiger partial charge in [-0.25, -0.2) is 14.0 Å². The Morgan fingerprint density at radius 1 is 0.578 bits per heavy atom. The van der Waals surface area contributed by atoms with E-state index in [0.29, 0.717) is 55.8 Å². The molecule has 2 fully saturated rings. The van der Waals surface area contributed by atoms with Crippen LogP contribution in [0.4, 0.5) is 25.4 Å². The van der Waals surface area contributed by atoms with E-state index in [9.17, 15) is 33.2 Å². The van der Waals surface area contributed by atoms with Crippen molar-refractivity contribution >= 4 is 47.2 Å². The van der Waals surface area contributed by atoms with E-state index in [4.69, 9.17) is 9.47 Å². The van der Waals surface area contributed by atoms with Gasteiger partial charge in [0.1, 0.15) is 30.0 Å². The maximum absolute atomic E-state index is 14.2. The molecular formula is C48H58FN7O8. The van der Waals surface area contributed by atoms with Crippen LogP contribution in [-0.4, -0.2) is 102 Å². The molecule has 0 aliphatic carbocycles. The van der Waals surface area contributed by atoms with Crippen molar-refractivity contribution in [3.05, 3.63) is 90.7 Å². The van der Waals surface area contributed by atoms with Gasteiger partial charge < -0.3 is 45.1 Å².